The van der Waals surface area contributed by atoms with E-state index in [1.165, 1.54) is 0 Å². The van der Waals surface area contributed by atoms with Gasteiger partial charge in [0, 0.05) is 7.05 Å². The van der Waals surface area contributed by atoms with Gasteiger partial charge in [0.15, 0.2) is 0 Å². The Morgan fingerprint density at radius 3 is 2.87 bits per heavy atom. The van der Waals surface area contributed by atoms with Gasteiger partial charge in [0.25, 0.3) is 0 Å². The van der Waals surface area contributed by atoms with Gasteiger partial charge in [-0.05, 0) is 29.3 Å². The first-order valence-corrected chi connectivity index (χ1v) is 5.93. The lowest BCUT2D eigenvalue weighted by Gasteiger charge is -2.23. The van der Waals surface area contributed by atoms with E-state index in [0.717, 1.165) is 5.56 Å². The van der Waals surface area contributed by atoms with Crippen molar-refractivity contribution in [2.45, 2.75) is 19.4 Å². The highest BCUT2D eigenvalue weighted by Crippen LogP contribution is 2.09. The lowest BCUT2D eigenvalue weighted by molar-refractivity contribution is -0.129. The highest BCUT2D eigenvalue weighted by atomic mass is 32.1. The van der Waals surface area contributed by atoms with Crippen molar-refractivity contribution >= 4 is 34.5 Å². The molecule has 0 spiro atoms. The fraction of sp³-hybridized carbons (Fsp3) is 0.400. The Kier molecular flexibility index (Phi) is 4.23. The molecule has 0 bridgehead atoms. The van der Waals surface area contributed by atoms with Crippen molar-refractivity contribution in [1.29, 1.82) is 0 Å². The fourth-order valence-corrected chi connectivity index (χ4v) is 1.93. The smallest absolute Gasteiger partial charge is 0.227 e. The summed E-state index contributed by atoms with van der Waals surface area (Å²) in [7, 11) is 1.72. The van der Waals surface area contributed by atoms with Crippen molar-refractivity contribution in [1.82, 2.24) is 4.90 Å². The zero-order valence-corrected chi connectivity index (χ0v) is 10.4. The molecule has 1 rings (SSSR count). The van der Waals surface area contributed by atoms with Crippen LogP contribution in [0.4, 0.5) is 0 Å². The molecule has 0 saturated heterocycles. The largest absolute Gasteiger partial charge is 0.392 e. The Labute approximate surface area is 98.9 Å². The molecule has 1 aromatic heterocycles. The first-order valence-electron chi connectivity index (χ1n) is 4.58. The van der Waals surface area contributed by atoms with E-state index >= 15 is 0 Å². The lowest BCUT2D eigenvalue weighted by Crippen LogP contribution is -2.43. The number of thiocarbonyl (C=S) groups is 1. The van der Waals surface area contributed by atoms with Crippen molar-refractivity contribution in [2.24, 2.45) is 5.73 Å². The van der Waals surface area contributed by atoms with Crippen molar-refractivity contribution in [2.75, 3.05) is 7.05 Å². The van der Waals surface area contributed by atoms with Crippen LogP contribution in [0, 0.1) is 0 Å². The number of hydrogen-bond acceptors (Lipinski definition) is 3. The van der Waals surface area contributed by atoms with Crippen LogP contribution in [0.2, 0.25) is 0 Å². The summed E-state index contributed by atoms with van der Waals surface area (Å²) in [5.41, 5.74) is 6.52. The predicted molar refractivity (Wildman–Crippen MR) is 67.0 cm³/mol. The zero-order chi connectivity index (χ0) is 11.4. The molecule has 0 radical (unpaired) electrons. The molecule has 1 amide bonds. The minimum atomic E-state index is -0.189. The van der Waals surface area contributed by atoms with Gasteiger partial charge < -0.3 is 10.6 Å². The average Bonchev–Trinajstić information content (AvgIpc) is 2.67. The zero-order valence-electron chi connectivity index (χ0n) is 8.77. The molecule has 0 saturated carbocycles. The third-order valence-electron chi connectivity index (χ3n) is 2.32. The molecule has 0 aliphatic carbocycles. The van der Waals surface area contributed by atoms with E-state index in [-0.39, 0.29) is 11.9 Å². The second-order valence-corrected chi connectivity index (χ2v) is 4.64. The molecule has 2 N–H and O–H groups in total. The van der Waals surface area contributed by atoms with Gasteiger partial charge in [-0.15, -0.1) is 0 Å². The average molecular weight is 242 g/mol. The molecule has 1 heterocycles. The number of hydrogen-bond donors (Lipinski definition) is 1. The van der Waals surface area contributed by atoms with Crippen LogP contribution in [0.15, 0.2) is 16.8 Å². The van der Waals surface area contributed by atoms with Crippen molar-refractivity contribution in [3.8, 4) is 0 Å². The minimum Gasteiger partial charge on any atom is -0.392 e. The third kappa shape index (κ3) is 3.28. The van der Waals surface area contributed by atoms with Gasteiger partial charge in [-0.3, -0.25) is 4.79 Å². The van der Waals surface area contributed by atoms with Crippen LogP contribution < -0.4 is 5.73 Å². The SMILES string of the molecule is CC(C(N)=S)N(C)C(=O)Cc1ccsc1. The quantitative estimate of drug-likeness (QED) is 0.812. The lowest BCUT2D eigenvalue weighted by atomic mass is 10.2. The molecular weight excluding hydrogens is 228 g/mol. The van der Waals surface area contributed by atoms with E-state index in [1.807, 2.05) is 23.8 Å². The monoisotopic (exact) mass is 242 g/mol. The second-order valence-electron chi connectivity index (χ2n) is 3.39. The number of carbonyl (C=O) groups is 1. The summed E-state index contributed by atoms with van der Waals surface area (Å²) in [6.45, 7) is 1.83. The molecule has 82 valence electrons. The highest BCUT2D eigenvalue weighted by Gasteiger charge is 2.17. The number of thiophene rings is 1. The third-order valence-corrected chi connectivity index (χ3v) is 3.39. The number of rotatable bonds is 4. The predicted octanol–water partition coefficient (Wildman–Crippen LogP) is 1.42. The number of amides is 1. The summed E-state index contributed by atoms with van der Waals surface area (Å²) in [5.74, 6) is 0.0358. The maximum Gasteiger partial charge on any atom is 0.227 e. The van der Waals surface area contributed by atoms with Crippen LogP contribution >= 0.6 is 23.6 Å². The molecule has 0 fully saturated rings. The van der Waals surface area contributed by atoms with Crippen LogP contribution in [0.25, 0.3) is 0 Å². The summed E-state index contributed by atoms with van der Waals surface area (Å²) in [6, 6.07) is 1.76. The van der Waals surface area contributed by atoms with E-state index in [0.29, 0.717) is 11.4 Å². The maximum atomic E-state index is 11.8. The molecule has 1 unspecified atom stereocenters. The molecule has 5 heteroatoms. The van der Waals surface area contributed by atoms with E-state index in [2.05, 4.69) is 0 Å². The Morgan fingerprint density at radius 2 is 2.40 bits per heavy atom. The Morgan fingerprint density at radius 1 is 1.73 bits per heavy atom. The van der Waals surface area contributed by atoms with Crippen molar-refractivity contribution < 1.29 is 4.79 Å². The normalized spacial score (nSPS) is 12.1. The molecule has 3 nitrogen and oxygen atoms in total. The van der Waals surface area contributed by atoms with Gasteiger partial charge in [0.05, 0.1) is 17.5 Å². The molecule has 1 aromatic rings. The molecule has 1 atom stereocenters. The number of carbonyl (C=O) groups excluding carboxylic acids is 1. The van der Waals surface area contributed by atoms with E-state index in [4.69, 9.17) is 18.0 Å². The molecule has 0 aromatic carbocycles. The van der Waals surface area contributed by atoms with Gasteiger partial charge >= 0.3 is 0 Å². The minimum absolute atomic E-state index is 0.0358. The van der Waals surface area contributed by atoms with Crippen LogP contribution in [-0.4, -0.2) is 28.9 Å². The van der Waals surface area contributed by atoms with Crippen LogP contribution in [-0.2, 0) is 11.2 Å². The Bertz CT molecular complexity index is 348. The van der Waals surface area contributed by atoms with E-state index in [9.17, 15) is 4.79 Å². The topological polar surface area (TPSA) is 46.3 Å². The highest BCUT2D eigenvalue weighted by molar-refractivity contribution is 7.80. The van der Waals surface area contributed by atoms with Gasteiger partial charge in [-0.1, -0.05) is 12.2 Å². The van der Waals surface area contributed by atoms with E-state index in [1.54, 1.807) is 23.3 Å². The van der Waals surface area contributed by atoms with Crippen LogP contribution in [0.3, 0.4) is 0 Å². The van der Waals surface area contributed by atoms with Crippen molar-refractivity contribution in [3.63, 3.8) is 0 Å². The van der Waals surface area contributed by atoms with Crippen LogP contribution in [0.1, 0.15) is 12.5 Å². The summed E-state index contributed by atoms with van der Waals surface area (Å²) in [4.78, 5) is 13.7. The summed E-state index contributed by atoms with van der Waals surface area (Å²) >= 11 is 6.43. The Hall–Kier alpha value is -0.940. The summed E-state index contributed by atoms with van der Waals surface area (Å²) in [5, 5.41) is 3.93. The van der Waals surface area contributed by atoms with Crippen molar-refractivity contribution in [3.05, 3.63) is 22.4 Å². The van der Waals surface area contributed by atoms with Gasteiger partial charge in [0.1, 0.15) is 0 Å². The number of nitrogens with zero attached hydrogens (tertiary/aromatic N) is 1. The van der Waals surface area contributed by atoms with Gasteiger partial charge in [-0.2, -0.15) is 11.3 Å². The second kappa shape index (κ2) is 5.23. The fourth-order valence-electron chi connectivity index (χ4n) is 1.10. The van der Waals surface area contributed by atoms with Gasteiger partial charge in [-0.25, -0.2) is 0 Å². The standard InChI is InChI=1S/C10H14N2OS2/c1-7(10(11)14)12(2)9(13)5-8-3-4-15-6-8/h3-4,6-7H,5H2,1-2H3,(H2,11,14). The number of likely N-dealkylation sites (N-methyl/N-ethyl adjacent to an activating group) is 1. The molecule has 15 heavy (non-hydrogen) atoms. The first kappa shape index (κ1) is 12.1. The summed E-state index contributed by atoms with van der Waals surface area (Å²) < 4.78 is 0. The molecule has 0 aliphatic rings. The molecular formula is C10H14N2OS2. The van der Waals surface area contributed by atoms with E-state index < -0.39 is 0 Å². The summed E-state index contributed by atoms with van der Waals surface area (Å²) in [6.07, 6.45) is 0.410. The van der Waals surface area contributed by atoms with Crippen LogP contribution in [0.5, 0.6) is 0 Å². The van der Waals surface area contributed by atoms with Gasteiger partial charge in [0.2, 0.25) is 5.91 Å². The number of nitrogens with two attached hydrogens (primary N) is 1. The maximum absolute atomic E-state index is 11.8. The molecule has 0 aliphatic heterocycles. The Balaban J connectivity index is 2.57. The first-order chi connectivity index (χ1) is 7.02.